The van der Waals surface area contributed by atoms with E-state index in [0.29, 0.717) is 23.8 Å². The van der Waals surface area contributed by atoms with Crippen LogP contribution < -0.4 is 23.7 Å². The normalized spacial score (nSPS) is 18.7. The van der Waals surface area contributed by atoms with E-state index < -0.39 is 0 Å². The minimum absolute atomic E-state index is 0.0231. The highest BCUT2D eigenvalue weighted by molar-refractivity contribution is 5.67. The molecule has 9 rings (SSSR count). The average molecular weight is 740 g/mol. The summed E-state index contributed by atoms with van der Waals surface area (Å²) < 4.78 is 32.3. The van der Waals surface area contributed by atoms with E-state index in [2.05, 4.69) is 128 Å². The Labute approximate surface area is 326 Å². The third-order valence-corrected chi connectivity index (χ3v) is 12.2. The van der Waals surface area contributed by atoms with Crippen LogP contribution >= 0.6 is 0 Å². The Kier molecular flexibility index (Phi) is 10.5. The molecular formula is C47H53N3O5. The molecule has 0 aliphatic carbocycles. The van der Waals surface area contributed by atoms with E-state index in [0.717, 1.165) is 78.5 Å². The highest BCUT2D eigenvalue weighted by Gasteiger charge is 2.37. The molecule has 5 aromatic rings. The highest BCUT2D eigenvalue weighted by atomic mass is 16.5. The average Bonchev–Trinajstić information content (AvgIpc) is 3.20. The Hall–Kier alpha value is -5.02. The van der Waals surface area contributed by atoms with Gasteiger partial charge in [-0.3, -0.25) is 14.7 Å². The molecule has 0 radical (unpaired) electrons. The van der Waals surface area contributed by atoms with Gasteiger partial charge in [-0.15, -0.1) is 0 Å². The number of nitrogens with zero attached hydrogens (tertiary/aromatic N) is 3. The zero-order valence-corrected chi connectivity index (χ0v) is 33.2. The molecular weight excluding hydrogens is 687 g/mol. The van der Waals surface area contributed by atoms with Gasteiger partial charge in [0.2, 0.25) is 5.75 Å². The Bertz CT molecular complexity index is 2150. The lowest BCUT2D eigenvalue weighted by Crippen LogP contribution is -2.35. The van der Waals surface area contributed by atoms with E-state index in [1.165, 1.54) is 27.8 Å². The topological polar surface area (TPSA) is 55.9 Å². The lowest BCUT2D eigenvalue weighted by Gasteiger charge is -2.39. The first-order valence-electron chi connectivity index (χ1n) is 19.5. The molecule has 55 heavy (non-hydrogen) atoms. The summed E-state index contributed by atoms with van der Waals surface area (Å²) in [6.45, 7) is 4.83. The maximum atomic E-state index is 7.20. The summed E-state index contributed by atoms with van der Waals surface area (Å²) in [5.41, 5.74) is 9.86. The number of hydrogen-bond acceptors (Lipinski definition) is 8. The zero-order chi connectivity index (χ0) is 38.2. The van der Waals surface area contributed by atoms with Gasteiger partial charge in [0, 0.05) is 48.9 Å². The van der Waals surface area contributed by atoms with Crippen LogP contribution in [0.5, 0.6) is 40.2 Å². The Morgan fingerprint density at radius 1 is 0.727 bits per heavy atom. The molecule has 4 heterocycles. The molecule has 8 heteroatoms. The third-order valence-electron chi connectivity index (χ3n) is 12.2. The molecule has 5 aromatic carbocycles. The summed E-state index contributed by atoms with van der Waals surface area (Å²) in [4.78, 5) is 7.30. The van der Waals surface area contributed by atoms with Crippen LogP contribution in [0.1, 0.15) is 69.6 Å². The van der Waals surface area contributed by atoms with Crippen LogP contribution in [0, 0.1) is 0 Å². The Morgan fingerprint density at radius 3 is 2.16 bits per heavy atom. The van der Waals surface area contributed by atoms with Gasteiger partial charge in [0.1, 0.15) is 11.5 Å². The van der Waals surface area contributed by atoms with Crippen LogP contribution in [0.2, 0.25) is 0 Å². The zero-order valence-electron chi connectivity index (χ0n) is 33.2. The van der Waals surface area contributed by atoms with Crippen LogP contribution in [0.25, 0.3) is 0 Å². The van der Waals surface area contributed by atoms with Gasteiger partial charge in [0.25, 0.3) is 0 Å². The van der Waals surface area contributed by atoms with Crippen LogP contribution in [0.3, 0.4) is 0 Å². The fraction of sp³-hybridized carbons (Fsp3) is 0.362. The molecule has 286 valence electrons. The summed E-state index contributed by atoms with van der Waals surface area (Å²) in [5.74, 6) is 5.04. The largest absolute Gasteiger partial charge is 0.493 e. The summed E-state index contributed by atoms with van der Waals surface area (Å²) in [6.07, 6.45) is 3.44. The van der Waals surface area contributed by atoms with Crippen molar-refractivity contribution < 1.29 is 23.7 Å². The fourth-order valence-corrected chi connectivity index (χ4v) is 8.84. The van der Waals surface area contributed by atoms with Crippen molar-refractivity contribution in [2.75, 3.05) is 55.6 Å². The minimum Gasteiger partial charge on any atom is -0.493 e. The van der Waals surface area contributed by atoms with E-state index in [9.17, 15) is 0 Å². The molecule has 0 amide bonds. The van der Waals surface area contributed by atoms with Gasteiger partial charge in [0.15, 0.2) is 23.0 Å². The monoisotopic (exact) mass is 739 g/mol. The molecule has 4 aliphatic heterocycles. The summed E-state index contributed by atoms with van der Waals surface area (Å²) in [7, 11) is 11.8. The van der Waals surface area contributed by atoms with Crippen molar-refractivity contribution in [3.8, 4) is 40.2 Å². The SMILES string of the molecule is COc1ccc2cc1Oc1ccc(cc1)C[C@H]1c3cc(ccc3CCN1C)Oc1c(OC)c(OC)c(CN(C)[C@@H](C)c3ccccc3)c3c1[C@H](C2)N(C)CC3. The summed E-state index contributed by atoms with van der Waals surface area (Å²) >= 11 is 0. The van der Waals surface area contributed by atoms with Crippen molar-refractivity contribution >= 4 is 0 Å². The van der Waals surface area contributed by atoms with Crippen molar-refractivity contribution in [2.45, 2.75) is 57.3 Å². The number of hydrogen-bond donors (Lipinski definition) is 0. The highest BCUT2D eigenvalue weighted by Crippen LogP contribution is 2.53. The predicted molar refractivity (Wildman–Crippen MR) is 217 cm³/mol. The molecule has 0 saturated heterocycles. The predicted octanol–water partition coefficient (Wildman–Crippen LogP) is 9.35. The molecule has 0 fully saturated rings. The van der Waals surface area contributed by atoms with Gasteiger partial charge >= 0.3 is 0 Å². The fourth-order valence-electron chi connectivity index (χ4n) is 8.84. The second-order valence-corrected chi connectivity index (χ2v) is 15.4. The van der Waals surface area contributed by atoms with Gasteiger partial charge in [-0.25, -0.2) is 0 Å². The lowest BCUT2D eigenvalue weighted by atomic mass is 9.84. The number of benzene rings is 5. The smallest absolute Gasteiger partial charge is 0.204 e. The van der Waals surface area contributed by atoms with Gasteiger partial charge < -0.3 is 23.7 Å². The first-order chi connectivity index (χ1) is 26.8. The van der Waals surface area contributed by atoms with Gasteiger partial charge in [-0.1, -0.05) is 54.6 Å². The van der Waals surface area contributed by atoms with E-state index in [4.69, 9.17) is 23.7 Å². The van der Waals surface area contributed by atoms with E-state index in [-0.39, 0.29) is 18.1 Å². The Balaban J connectivity index is 1.33. The number of likely N-dealkylation sites (N-methyl/N-ethyl adjacent to an activating group) is 2. The molecule has 0 N–H and O–H groups in total. The van der Waals surface area contributed by atoms with Crippen molar-refractivity contribution in [1.29, 1.82) is 0 Å². The summed E-state index contributed by atoms with van der Waals surface area (Å²) in [6, 6.07) is 32.5. The number of ether oxygens (including phenoxy) is 5. The van der Waals surface area contributed by atoms with Gasteiger partial charge in [-0.2, -0.15) is 0 Å². The molecule has 0 saturated carbocycles. The van der Waals surface area contributed by atoms with Crippen molar-refractivity contribution in [3.05, 3.63) is 136 Å². The third kappa shape index (κ3) is 7.15. The molecule has 0 aromatic heterocycles. The quantitative estimate of drug-likeness (QED) is 0.164. The van der Waals surface area contributed by atoms with Crippen molar-refractivity contribution in [3.63, 3.8) is 0 Å². The Morgan fingerprint density at radius 2 is 1.42 bits per heavy atom. The van der Waals surface area contributed by atoms with E-state index in [1.54, 1.807) is 21.3 Å². The van der Waals surface area contributed by atoms with Gasteiger partial charge in [-0.05, 0) is 124 Å². The number of rotatable bonds is 7. The standard InChI is InChI=1S/C47H53N3O5/c1-30(33-11-9-8-10-12-33)50(4)29-39-37-22-24-49(3)41-26-32-15-20-42(51-5)43(27-32)54-35-17-13-31(14-18-35)25-40-38-28-36(19-16-34(38)21-23-48(40)2)55-46(44(37)41)47(53-7)45(39)52-6/h8-20,27-28,30,40-41H,21-26,29H2,1-7H3/t30-,40-,41-/m0/s1. The molecule has 3 atom stereocenters. The van der Waals surface area contributed by atoms with Crippen molar-refractivity contribution in [1.82, 2.24) is 14.7 Å². The molecule has 0 unspecified atom stereocenters. The number of fused-ring (bicyclic) bond motifs is 2. The van der Waals surface area contributed by atoms with Crippen molar-refractivity contribution in [2.24, 2.45) is 0 Å². The molecule has 0 spiro atoms. The molecule has 8 nitrogen and oxygen atoms in total. The maximum Gasteiger partial charge on any atom is 0.204 e. The van der Waals surface area contributed by atoms with Gasteiger partial charge in [0.05, 0.1) is 21.3 Å². The first-order valence-corrected chi connectivity index (χ1v) is 19.5. The van der Waals surface area contributed by atoms with Crippen LogP contribution in [0.15, 0.2) is 91.0 Å². The molecule has 4 aliphatic rings. The van der Waals surface area contributed by atoms with Crippen LogP contribution in [-0.2, 0) is 32.2 Å². The number of methoxy groups -OCH3 is 3. The first kappa shape index (κ1) is 36.9. The minimum atomic E-state index is -0.0231. The molecule has 6 bridgehead atoms. The lowest BCUT2D eigenvalue weighted by molar-refractivity contribution is 0.214. The second kappa shape index (κ2) is 15.6. The summed E-state index contributed by atoms with van der Waals surface area (Å²) in [5, 5.41) is 0. The van der Waals surface area contributed by atoms with Crippen LogP contribution in [-0.4, -0.2) is 70.3 Å². The van der Waals surface area contributed by atoms with Crippen LogP contribution in [0.4, 0.5) is 0 Å². The maximum absolute atomic E-state index is 7.20. The second-order valence-electron chi connectivity index (χ2n) is 15.4. The van der Waals surface area contributed by atoms with E-state index >= 15 is 0 Å². The van der Waals surface area contributed by atoms with E-state index in [1.807, 2.05) is 6.07 Å².